The molecule has 1 fully saturated rings. The Morgan fingerprint density at radius 1 is 1.03 bits per heavy atom. The van der Waals surface area contributed by atoms with Gasteiger partial charge in [0.15, 0.2) is 0 Å². The second-order valence-electron chi connectivity index (χ2n) is 7.55. The van der Waals surface area contributed by atoms with Crippen molar-refractivity contribution < 1.29 is 9.59 Å². The molecule has 2 amide bonds. The van der Waals surface area contributed by atoms with Gasteiger partial charge in [0.05, 0.1) is 11.0 Å². The van der Waals surface area contributed by atoms with Gasteiger partial charge in [-0.05, 0) is 42.5 Å². The molecular weight excluding hydrogens is 416 g/mol. The predicted molar refractivity (Wildman–Crippen MR) is 125 cm³/mol. The van der Waals surface area contributed by atoms with E-state index in [4.69, 9.17) is 11.6 Å². The zero-order valence-corrected chi connectivity index (χ0v) is 18.8. The van der Waals surface area contributed by atoms with Gasteiger partial charge in [-0.15, -0.1) is 11.8 Å². The number of amides is 2. The Balaban J connectivity index is 1.47. The van der Waals surface area contributed by atoms with Crippen molar-refractivity contribution in [3.63, 3.8) is 0 Å². The van der Waals surface area contributed by atoms with Crippen LogP contribution in [-0.4, -0.2) is 42.1 Å². The largest absolute Gasteiger partial charge is 0.355 e. The van der Waals surface area contributed by atoms with Gasteiger partial charge in [-0.1, -0.05) is 60.5 Å². The van der Waals surface area contributed by atoms with Crippen LogP contribution in [0, 0.1) is 0 Å². The minimum atomic E-state index is 0.0251. The fourth-order valence-electron chi connectivity index (χ4n) is 3.63. The van der Waals surface area contributed by atoms with Crippen LogP contribution in [0.4, 0.5) is 0 Å². The number of rotatable bonds is 9. The molecule has 4 nitrogen and oxygen atoms in total. The molecule has 2 aromatic carbocycles. The van der Waals surface area contributed by atoms with Gasteiger partial charge in [-0.2, -0.15) is 0 Å². The number of carbonyl (C=O) groups excluding carboxylic acids is 2. The van der Waals surface area contributed by atoms with Gasteiger partial charge in [0.25, 0.3) is 0 Å². The SMILES string of the molecule is O=C(CSC(c1ccccc1)c1ccc(Cl)cc1)NCCCN1CCCCCC1=O. The van der Waals surface area contributed by atoms with Crippen LogP contribution in [0.1, 0.15) is 48.5 Å². The monoisotopic (exact) mass is 444 g/mol. The summed E-state index contributed by atoms with van der Waals surface area (Å²) in [6.07, 6.45) is 4.67. The van der Waals surface area contributed by atoms with Gasteiger partial charge in [0.2, 0.25) is 11.8 Å². The van der Waals surface area contributed by atoms with Gasteiger partial charge < -0.3 is 10.2 Å². The van der Waals surface area contributed by atoms with Crippen molar-refractivity contribution >= 4 is 35.2 Å². The minimum absolute atomic E-state index is 0.0251. The molecule has 30 heavy (non-hydrogen) atoms. The third kappa shape index (κ3) is 7.06. The molecule has 1 atom stereocenters. The standard InChI is InChI=1S/C24H29ClN2O2S/c25-21-13-11-20(12-14-21)24(19-8-3-1-4-9-19)30-18-22(28)26-15-7-17-27-16-6-2-5-10-23(27)29/h1,3-4,8-9,11-14,24H,2,5-7,10,15-18H2,(H,26,28). The van der Waals surface area contributed by atoms with Gasteiger partial charge in [0.1, 0.15) is 0 Å². The van der Waals surface area contributed by atoms with Gasteiger partial charge in [0, 0.05) is 31.1 Å². The Kier molecular flexibility index (Phi) is 9.09. The summed E-state index contributed by atoms with van der Waals surface area (Å²) >= 11 is 7.65. The topological polar surface area (TPSA) is 49.4 Å². The first kappa shape index (κ1) is 22.7. The zero-order valence-electron chi connectivity index (χ0n) is 17.2. The van der Waals surface area contributed by atoms with E-state index in [9.17, 15) is 9.59 Å². The number of hydrogen-bond acceptors (Lipinski definition) is 3. The summed E-state index contributed by atoms with van der Waals surface area (Å²) in [4.78, 5) is 26.4. The van der Waals surface area contributed by atoms with E-state index in [0.717, 1.165) is 49.9 Å². The lowest BCUT2D eigenvalue weighted by molar-refractivity contribution is -0.130. The van der Waals surface area contributed by atoms with Gasteiger partial charge >= 0.3 is 0 Å². The van der Waals surface area contributed by atoms with Crippen LogP contribution in [0.3, 0.4) is 0 Å². The second-order valence-corrected chi connectivity index (χ2v) is 9.08. The number of likely N-dealkylation sites (tertiary alicyclic amines) is 1. The maximum atomic E-state index is 12.4. The van der Waals surface area contributed by atoms with E-state index in [1.807, 2.05) is 47.4 Å². The van der Waals surface area contributed by atoms with E-state index < -0.39 is 0 Å². The van der Waals surface area contributed by atoms with Crippen LogP contribution >= 0.6 is 23.4 Å². The molecule has 0 aliphatic carbocycles. The maximum absolute atomic E-state index is 12.4. The van der Waals surface area contributed by atoms with Crippen molar-refractivity contribution in [2.45, 2.75) is 37.4 Å². The predicted octanol–water partition coefficient (Wildman–Crippen LogP) is 5.07. The number of hydrogen-bond donors (Lipinski definition) is 1. The number of nitrogens with one attached hydrogen (secondary N) is 1. The molecule has 1 N–H and O–H groups in total. The summed E-state index contributed by atoms with van der Waals surface area (Å²) in [5.74, 6) is 0.658. The van der Waals surface area contributed by atoms with Crippen LogP contribution in [0.5, 0.6) is 0 Å². The Morgan fingerprint density at radius 3 is 2.53 bits per heavy atom. The molecule has 1 aliphatic heterocycles. The van der Waals surface area contributed by atoms with E-state index in [2.05, 4.69) is 17.4 Å². The molecule has 160 valence electrons. The first-order valence-electron chi connectivity index (χ1n) is 10.6. The Hall–Kier alpha value is -1.98. The summed E-state index contributed by atoms with van der Waals surface area (Å²) in [5, 5.41) is 3.78. The number of carbonyl (C=O) groups is 2. The van der Waals surface area contributed by atoms with Crippen LogP contribution < -0.4 is 5.32 Å². The number of thioether (sulfide) groups is 1. The molecule has 1 saturated heterocycles. The van der Waals surface area contributed by atoms with E-state index >= 15 is 0 Å². The molecule has 1 aliphatic rings. The second kappa shape index (κ2) is 12.0. The molecule has 1 unspecified atom stereocenters. The van der Waals surface area contributed by atoms with Crippen LogP contribution in [0.15, 0.2) is 54.6 Å². The number of benzene rings is 2. The van der Waals surface area contributed by atoms with Crippen molar-refractivity contribution in [3.8, 4) is 0 Å². The first-order chi connectivity index (χ1) is 14.6. The van der Waals surface area contributed by atoms with E-state index in [0.29, 0.717) is 23.7 Å². The zero-order chi connectivity index (χ0) is 21.2. The van der Waals surface area contributed by atoms with Gasteiger partial charge in [-0.25, -0.2) is 0 Å². The molecule has 0 radical (unpaired) electrons. The summed E-state index contributed by atoms with van der Waals surface area (Å²) in [5.41, 5.74) is 2.29. The summed E-state index contributed by atoms with van der Waals surface area (Å²) in [7, 11) is 0. The molecular formula is C24H29ClN2O2S. The van der Waals surface area contributed by atoms with Crippen molar-refractivity contribution in [2.75, 3.05) is 25.4 Å². The lowest BCUT2D eigenvalue weighted by Gasteiger charge is -2.20. The van der Waals surface area contributed by atoms with Crippen LogP contribution in [-0.2, 0) is 9.59 Å². The molecule has 0 saturated carbocycles. The van der Waals surface area contributed by atoms with Crippen molar-refractivity contribution in [3.05, 3.63) is 70.7 Å². The van der Waals surface area contributed by atoms with E-state index in [1.54, 1.807) is 11.8 Å². The molecule has 1 heterocycles. The highest BCUT2D eigenvalue weighted by Crippen LogP contribution is 2.35. The first-order valence-corrected chi connectivity index (χ1v) is 12.0. The third-order valence-corrected chi connectivity index (χ3v) is 6.81. The molecule has 0 aromatic heterocycles. The highest BCUT2D eigenvalue weighted by atomic mass is 35.5. The number of nitrogens with zero attached hydrogens (tertiary/aromatic N) is 1. The Morgan fingerprint density at radius 2 is 1.77 bits per heavy atom. The van der Waals surface area contributed by atoms with Crippen molar-refractivity contribution in [1.29, 1.82) is 0 Å². The van der Waals surface area contributed by atoms with Crippen molar-refractivity contribution in [2.24, 2.45) is 0 Å². The molecule has 0 bridgehead atoms. The maximum Gasteiger partial charge on any atom is 0.230 e. The summed E-state index contributed by atoms with van der Waals surface area (Å²) in [6, 6.07) is 18.0. The molecule has 6 heteroatoms. The normalized spacial score (nSPS) is 15.5. The van der Waals surface area contributed by atoms with E-state index in [1.165, 1.54) is 0 Å². The van der Waals surface area contributed by atoms with Crippen LogP contribution in [0.2, 0.25) is 5.02 Å². The summed E-state index contributed by atoms with van der Waals surface area (Å²) in [6.45, 7) is 2.17. The van der Waals surface area contributed by atoms with Crippen LogP contribution in [0.25, 0.3) is 0 Å². The smallest absolute Gasteiger partial charge is 0.230 e. The van der Waals surface area contributed by atoms with E-state index in [-0.39, 0.29) is 17.1 Å². The average Bonchev–Trinajstić information content (AvgIpc) is 2.97. The van der Waals surface area contributed by atoms with Gasteiger partial charge in [-0.3, -0.25) is 9.59 Å². The fraction of sp³-hybridized carbons (Fsp3) is 0.417. The molecule has 3 rings (SSSR count). The Bertz CT molecular complexity index is 814. The molecule has 0 spiro atoms. The fourth-order valence-corrected chi connectivity index (χ4v) is 4.88. The lowest BCUT2D eigenvalue weighted by atomic mass is 10.0. The number of halogens is 1. The highest BCUT2D eigenvalue weighted by molar-refractivity contribution is 8.00. The quantitative estimate of drug-likeness (QED) is 0.549. The lowest BCUT2D eigenvalue weighted by Crippen LogP contribution is -2.34. The summed E-state index contributed by atoms with van der Waals surface area (Å²) < 4.78 is 0. The third-order valence-electron chi connectivity index (χ3n) is 5.25. The average molecular weight is 445 g/mol. The minimum Gasteiger partial charge on any atom is -0.355 e. The highest BCUT2D eigenvalue weighted by Gasteiger charge is 2.17. The molecule has 2 aromatic rings. The van der Waals surface area contributed by atoms with Crippen molar-refractivity contribution in [1.82, 2.24) is 10.2 Å². The Labute approximate surface area is 188 Å².